The standard InChI is InChI=1S/C18H22N2O/c1-2-14-7-5-10-20-17(14)12-19-13-18-16-8-4-3-6-15(16)9-11-21-18/h3-8,10,18-19H,2,9,11-13H2,1H3. The number of fused-ring (bicyclic) bond motifs is 1. The van der Waals surface area contributed by atoms with Crippen molar-refractivity contribution in [1.82, 2.24) is 10.3 Å². The highest BCUT2D eigenvalue weighted by Gasteiger charge is 2.19. The van der Waals surface area contributed by atoms with E-state index in [1.54, 1.807) is 0 Å². The molecule has 1 aliphatic heterocycles. The number of aromatic nitrogens is 1. The summed E-state index contributed by atoms with van der Waals surface area (Å²) in [5.74, 6) is 0. The fraction of sp³-hybridized carbons (Fsp3) is 0.389. The summed E-state index contributed by atoms with van der Waals surface area (Å²) >= 11 is 0. The lowest BCUT2D eigenvalue weighted by atomic mass is 9.97. The summed E-state index contributed by atoms with van der Waals surface area (Å²) < 4.78 is 5.92. The molecule has 1 N–H and O–H groups in total. The topological polar surface area (TPSA) is 34.2 Å². The summed E-state index contributed by atoms with van der Waals surface area (Å²) in [5.41, 5.74) is 5.20. The Bertz CT molecular complexity index is 597. The Hall–Kier alpha value is -1.71. The van der Waals surface area contributed by atoms with Crippen LogP contribution < -0.4 is 5.32 Å². The van der Waals surface area contributed by atoms with Crippen molar-refractivity contribution in [3.05, 3.63) is 65.0 Å². The maximum atomic E-state index is 5.92. The van der Waals surface area contributed by atoms with Gasteiger partial charge >= 0.3 is 0 Å². The average molecular weight is 282 g/mol. The minimum Gasteiger partial charge on any atom is -0.372 e. The van der Waals surface area contributed by atoms with Crippen molar-refractivity contribution in [2.24, 2.45) is 0 Å². The molecule has 0 saturated heterocycles. The van der Waals surface area contributed by atoms with E-state index < -0.39 is 0 Å². The molecule has 2 aromatic rings. The van der Waals surface area contributed by atoms with Crippen molar-refractivity contribution < 1.29 is 4.74 Å². The van der Waals surface area contributed by atoms with Gasteiger partial charge in [0, 0.05) is 19.3 Å². The molecule has 0 saturated carbocycles. The van der Waals surface area contributed by atoms with Gasteiger partial charge in [-0.15, -0.1) is 0 Å². The zero-order valence-electron chi connectivity index (χ0n) is 12.5. The monoisotopic (exact) mass is 282 g/mol. The molecule has 1 aliphatic rings. The fourth-order valence-electron chi connectivity index (χ4n) is 2.92. The molecule has 21 heavy (non-hydrogen) atoms. The smallest absolute Gasteiger partial charge is 0.0952 e. The molecule has 0 spiro atoms. The van der Waals surface area contributed by atoms with Gasteiger partial charge in [-0.25, -0.2) is 0 Å². The largest absolute Gasteiger partial charge is 0.372 e. The lowest BCUT2D eigenvalue weighted by Gasteiger charge is -2.26. The summed E-state index contributed by atoms with van der Waals surface area (Å²) in [6.07, 6.45) is 4.06. The van der Waals surface area contributed by atoms with Gasteiger partial charge in [-0.05, 0) is 35.6 Å². The second-order valence-electron chi connectivity index (χ2n) is 5.40. The molecule has 0 radical (unpaired) electrons. The quantitative estimate of drug-likeness (QED) is 0.915. The molecule has 2 heterocycles. The van der Waals surface area contributed by atoms with Gasteiger partial charge in [0.2, 0.25) is 0 Å². The third kappa shape index (κ3) is 3.31. The van der Waals surface area contributed by atoms with Crippen molar-refractivity contribution in [3.8, 4) is 0 Å². The molecule has 3 rings (SSSR count). The third-order valence-corrected chi connectivity index (χ3v) is 4.08. The lowest BCUT2D eigenvalue weighted by molar-refractivity contribution is 0.0423. The minimum absolute atomic E-state index is 0.156. The number of hydrogen-bond donors (Lipinski definition) is 1. The first-order valence-electron chi connectivity index (χ1n) is 7.71. The van der Waals surface area contributed by atoms with E-state index in [2.05, 4.69) is 47.6 Å². The summed E-state index contributed by atoms with van der Waals surface area (Å²) in [7, 11) is 0. The van der Waals surface area contributed by atoms with Gasteiger partial charge in [0.1, 0.15) is 0 Å². The van der Waals surface area contributed by atoms with E-state index in [9.17, 15) is 0 Å². The number of aryl methyl sites for hydroxylation is 1. The van der Waals surface area contributed by atoms with Crippen LogP contribution in [0, 0.1) is 0 Å². The highest BCUT2D eigenvalue weighted by Crippen LogP contribution is 2.26. The van der Waals surface area contributed by atoms with Crippen molar-refractivity contribution in [2.45, 2.75) is 32.4 Å². The number of hydrogen-bond acceptors (Lipinski definition) is 3. The van der Waals surface area contributed by atoms with Crippen LogP contribution >= 0.6 is 0 Å². The molecule has 110 valence electrons. The fourth-order valence-corrected chi connectivity index (χ4v) is 2.92. The van der Waals surface area contributed by atoms with Crippen LogP contribution in [0.25, 0.3) is 0 Å². The summed E-state index contributed by atoms with van der Waals surface area (Å²) in [6, 6.07) is 12.7. The Kier molecular flexibility index (Phi) is 4.63. The Morgan fingerprint density at radius 2 is 2.14 bits per heavy atom. The first-order chi connectivity index (χ1) is 10.4. The molecule has 3 heteroatoms. The van der Waals surface area contributed by atoms with Gasteiger partial charge in [-0.3, -0.25) is 4.98 Å². The van der Waals surface area contributed by atoms with Crippen LogP contribution in [0.15, 0.2) is 42.6 Å². The summed E-state index contributed by atoms with van der Waals surface area (Å²) in [4.78, 5) is 4.47. The van der Waals surface area contributed by atoms with Crippen molar-refractivity contribution in [3.63, 3.8) is 0 Å². The number of nitrogens with one attached hydrogen (secondary N) is 1. The maximum absolute atomic E-state index is 5.92. The SMILES string of the molecule is CCc1cccnc1CNCC1OCCc2ccccc21. The molecular formula is C18H22N2O. The van der Waals surface area contributed by atoms with Crippen LogP contribution in [0.3, 0.4) is 0 Å². The van der Waals surface area contributed by atoms with E-state index in [4.69, 9.17) is 4.74 Å². The highest BCUT2D eigenvalue weighted by molar-refractivity contribution is 5.31. The predicted octanol–water partition coefficient (Wildman–Crippen LogP) is 3.05. The second kappa shape index (κ2) is 6.83. The zero-order chi connectivity index (χ0) is 14.5. The van der Waals surface area contributed by atoms with Crippen molar-refractivity contribution in [1.29, 1.82) is 0 Å². The van der Waals surface area contributed by atoms with Gasteiger partial charge in [0.25, 0.3) is 0 Å². The Labute approximate surface area is 126 Å². The molecule has 1 aromatic carbocycles. The lowest BCUT2D eigenvalue weighted by Crippen LogP contribution is -2.27. The van der Waals surface area contributed by atoms with Crippen molar-refractivity contribution >= 4 is 0 Å². The van der Waals surface area contributed by atoms with Crippen LogP contribution in [-0.2, 0) is 24.1 Å². The zero-order valence-corrected chi connectivity index (χ0v) is 12.5. The second-order valence-corrected chi connectivity index (χ2v) is 5.40. The number of nitrogens with zero attached hydrogens (tertiary/aromatic N) is 1. The molecular weight excluding hydrogens is 260 g/mol. The molecule has 1 unspecified atom stereocenters. The number of rotatable bonds is 5. The predicted molar refractivity (Wildman–Crippen MR) is 84.2 cm³/mol. The van der Waals surface area contributed by atoms with E-state index in [1.165, 1.54) is 16.7 Å². The van der Waals surface area contributed by atoms with Gasteiger partial charge in [-0.1, -0.05) is 37.3 Å². The van der Waals surface area contributed by atoms with Crippen molar-refractivity contribution in [2.75, 3.05) is 13.2 Å². The van der Waals surface area contributed by atoms with E-state index in [-0.39, 0.29) is 6.10 Å². The highest BCUT2D eigenvalue weighted by atomic mass is 16.5. The Balaban J connectivity index is 1.61. The van der Waals surface area contributed by atoms with E-state index in [0.29, 0.717) is 0 Å². The first kappa shape index (κ1) is 14.2. The van der Waals surface area contributed by atoms with Crippen LogP contribution in [0.2, 0.25) is 0 Å². The molecule has 1 atom stereocenters. The minimum atomic E-state index is 0.156. The Morgan fingerprint density at radius 3 is 3.05 bits per heavy atom. The molecule has 0 fully saturated rings. The molecule has 0 bridgehead atoms. The van der Waals surface area contributed by atoms with Crippen LogP contribution in [0.4, 0.5) is 0 Å². The van der Waals surface area contributed by atoms with E-state index in [0.717, 1.165) is 38.2 Å². The van der Waals surface area contributed by atoms with Gasteiger partial charge < -0.3 is 10.1 Å². The number of pyridine rings is 1. The average Bonchev–Trinajstić information content (AvgIpc) is 2.55. The van der Waals surface area contributed by atoms with Gasteiger partial charge in [-0.2, -0.15) is 0 Å². The third-order valence-electron chi connectivity index (χ3n) is 4.08. The van der Waals surface area contributed by atoms with Crippen LogP contribution in [0.1, 0.15) is 35.4 Å². The molecule has 3 nitrogen and oxygen atoms in total. The maximum Gasteiger partial charge on any atom is 0.0952 e. The van der Waals surface area contributed by atoms with Crippen LogP contribution in [0.5, 0.6) is 0 Å². The molecule has 0 aliphatic carbocycles. The van der Waals surface area contributed by atoms with E-state index in [1.807, 2.05) is 12.3 Å². The van der Waals surface area contributed by atoms with E-state index >= 15 is 0 Å². The molecule has 0 amide bonds. The van der Waals surface area contributed by atoms with Crippen LogP contribution in [-0.4, -0.2) is 18.1 Å². The first-order valence-corrected chi connectivity index (χ1v) is 7.71. The normalized spacial score (nSPS) is 17.5. The summed E-state index contributed by atoms with van der Waals surface area (Å²) in [6.45, 7) is 4.61. The summed E-state index contributed by atoms with van der Waals surface area (Å²) in [5, 5.41) is 3.50. The molecule has 1 aromatic heterocycles. The number of benzene rings is 1. The Morgan fingerprint density at radius 1 is 1.24 bits per heavy atom. The van der Waals surface area contributed by atoms with Gasteiger partial charge in [0.05, 0.1) is 18.4 Å². The number of ether oxygens (including phenoxy) is 1. The van der Waals surface area contributed by atoms with Gasteiger partial charge in [0.15, 0.2) is 0 Å².